The highest BCUT2D eigenvalue weighted by molar-refractivity contribution is 6.31. The molecule has 0 saturated carbocycles. The highest BCUT2D eigenvalue weighted by atomic mass is 35.5. The Morgan fingerprint density at radius 2 is 1.88 bits per heavy atom. The molecule has 5 nitrogen and oxygen atoms in total. The largest absolute Gasteiger partial charge is 0.497 e. The second-order valence-corrected chi connectivity index (χ2v) is 6.35. The molecule has 134 valence electrons. The summed E-state index contributed by atoms with van der Waals surface area (Å²) in [5.74, 6) is 0.739. The zero-order valence-electron chi connectivity index (χ0n) is 14.9. The minimum absolute atomic E-state index is 0.131. The molecule has 0 atom stereocenters. The minimum Gasteiger partial charge on any atom is -0.497 e. The molecule has 0 bridgehead atoms. The normalized spacial score (nSPS) is 11.6. The molecule has 3 aromatic rings. The molecule has 0 aliphatic heterocycles. The summed E-state index contributed by atoms with van der Waals surface area (Å²) >= 11 is 6.17. The van der Waals surface area contributed by atoms with Crippen molar-refractivity contribution < 1.29 is 4.74 Å². The number of nitrogens with zero attached hydrogens (tertiary/aromatic N) is 2. The van der Waals surface area contributed by atoms with E-state index in [9.17, 15) is 4.79 Å². The number of nitrogens with one attached hydrogen (secondary N) is 1. The standard InChI is InChI=1S/C20H20ClN3O2/c1-13(22-12-15-6-4-5-7-18(15)21)19-14(2)23-24(20(19)25)16-8-10-17(26-3)11-9-16/h4-11,23H,12H2,1-3H3. The smallest absolute Gasteiger partial charge is 0.280 e. The second kappa shape index (κ2) is 7.62. The lowest BCUT2D eigenvalue weighted by Crippen LogP contribution is -2.19. The summed E-state index contributed by atoms with van der Waals surface area (Å²) in [4.78, 5) is 17.4. The third kappa shape index (κ3) is 3.58. The number of aromatic amines is 1. The van der Waals surface area contributed by atoms with Crippen molar-refractivity contribution in [3.63, 3.8) is 0 Å². The fourth-order valence-electron chi connectivity index (χ4n) is 2.80. The van der Waals surface area contributed by atoms with E-state index in [-0.39, 0.29) is 5.56 Å². The molecule has 0 amide bonds. The predicted octanol–water partition coefficient (Wildman–Crippen LogP) is 4.15. The molecule has 1 heterocycles. The molecule has 0 spiro atoms. The third-order valence-electron chi connectivity index (χ3n) is 4.21. The van der Waals surface area contributed by atoms with Gasteiger partial charge in [0.05, 0.1) is 24.9 Å². The summed E-state index contributed by atoms with van der Waals surface area (Å²) in [6, 6.07) is 14.9. The van der Waals surface area contributed by atoms with E-state index in [0.717, 1.165) is 22.7 Å². The van der Waals surface area contributed by atoms with Crippen molar-refractivity contribution in [3.05, 3.63) is 80.7 Å². The Bertz CT molecular complexity index is 1000. The van der Waals surface area contributed by atoms with Crippen LogP contribution in [0.25, 0.3) is 5.69 Å². The van der Waals surface area contributed by atoms with Gasteiger partial charge >= 0.3 is 0 Å². The Balaban J connectivity index is 1.93. The van der Waals surface area contributed by atoms with E-state index in [1.54, 1.807) is 7.11 Å². The Kier molecular flexibility index (Phi) is 5.28. The van der Waals surface area contributed by atoms with Crippen LogP contribution < -0.4 is 10.3 Å². The average molecular weight is 370 g/mol. The van der Waals surface area contributed by atoms with E-state index in [2.05, 4.69) is 10.1 Å². The Labute approximate surface area is 156 Å². The van der Waals surface area contributed by atoms with Crippen molar-refractivity contribution >= 4 is 17.3 Å². The maximum Gasteiger partial charge on any atom is 0.280 e. The van der Waals surface area contributed by atoms with Crippen LogP contribution >= 0.6 is 11.6 Å². The Morgan fingerprint density at radius 3 is 2.54 bits per heavy atom. The Hall–Kier alpha value is -2.79. The van der Waals surface area contributed by atoms with Gasteiger partial charge in [0.2, 0.25) is 0 Å². The first kappa shape index (κ1) is 18.0. The Morgan fingerprint density at radius 1 is 1.19 bits per heavy atom. The highest BCUT2D eigenvalue weighted by Gasteiger charge is 2.15. The maximum absolute atomic E-state index is 12.9. The molecular formula is C20H20ClN3O2. The monoisotopic (exact) mass is 369 g/mol. The first-order valence-corrected chi connectivity index (χ1v) is 8.60. The summed E-state index contributed by atoms with van der Waals surface area (Å²) in [6.07, 6.45) is 0. The molecule has 6 heteroatoms. The summed E-state index contributed by atoms with van der Waals surface area (Å²) < 4.78 is 6.67. The molecule has 0 aliphatic carbocycles. The van der Waals surface area contributed by atoms with Crippen molar-refractivity contribution in [1.29, 1.82) is 0 Å². The number of H-pyrrole nitrogens is 1. The number of methoxy groups -OCH3 is 1. The maximum atomic E-state index is 12.9. The van der Waals surface area contributed by atoms with Gasteiger partial charge in [-0.15, -0.1) is 0 Å². The van der Waals surface area contributed by atoms with Crippen LogP contribution in [0, 0.1) is 6.92 Å². The minimum atomic E-state index is -0.131. The number of halogens is 1. The fourth-order valence-corrected chi connectivity index (χ4v) is 2.99. The fraction of sp³-hybridized carbons (Fsp3) is 0.200. The van der Waals surface area contributed by atoms with E-state index < -0.39 is 0 Å². The van der Waals surface area contributed by atoms with Crippen LogP contribution in [0.3, 0.4) is 0 Å². The molecule has 26 heavy (non-hydrogen) atoms. The first-order chi connectivity index (χ1) is 12.5. The number of hydrogen-bond donors (Lipinski definition) is 1. The number of aliphatic imine (C=N–C) groups is 1. The van der Waals surface area contributed by atoms with Crippen LogP contribution in [0.5, 0.6) is 5.75 Å². The molecule has 2 aromatic carbocycles. The van der Waals surface area contributed by atoms with Crippen LogP contribution in [0.1, 0.15) is 23.7 Å². The summed E-state index contributed by atoms with van der Waals surface area (Å²) in [5.41, 5.74) is 3.56. The zero-order chi connectivity index (χ0) is 18.7. The van der Waals surface area contributed by atoms with Gasteiger partial charge in [0.1, 0.15) is 5.75 Å². The molecule has 0 aliphatic rings. The van der Waals surface area contributed by atoms with E-state index in [0.29, 0.717) is 22.8 Å². The lowest BCUT2D eigenvalue weighted by atomic mass is 10.1. The van der Waals surface area contributed by atoms with E-state index >= 15 is 0 Å². The number of hydrogen-bond acceptors (Lipinski definition) is 3. The van der Waals surface area contributed by atoms with Crippen LogP contribution in [0.4, 0.5) is 0 Å². The van der Waals surface area contributed by atoms with Gasteiger partial charge in [-0.25, -0.2) is 4.68 Å². The van der Waals surface area contributed by atoms with E-state index in [1.807, 2.05) is 62.4 Å². The third-order valence-corrected chi connectivity index (χ3v) is 4.58. The second-order valence-electron chi connectivity index (χ2n) is 5.94. The lowest BCUT2D eigenvalue weighted by molar-refractivity contribution is 0.414. The average Bonchev–Trinajstić information content (AvgIpc) is 2.95. The summed E-state index contributed by atoms with van der Waals surface area (Å²) in [5, 5.41) is 3.79. The van der Waals surface area contributed by atoms with Gasteiger partial charge in [0, 0.05) is 16.4 Å². The highest BCUT2D eigenvalue weighted by Crippen LogP contribution is 2.17. The van der Waals surface area contributed by atoms with Gasteiger partial charge in [-0.05, 0) is 49.7 Å². The predicted molar refractivity (Wildman–Crippen MR) is 105 cm³/mol. The van der Waals surface area contributed by atoms with Crippen molar-refractivity contribution in [2.45, 2.75) is 20.4 Å². The van der Waals surface area contributed by atoms with Crippen molar-refractivity contribution in [3.8, 4) is 11.4 Å². The first-order valence-electron chi connectivity index (χ1n) is 8.22. The van der Waals surface area contributed by atoms with Crippen molar-refractivity contribution in [2.24, 2.45) is 4.99 Å². The molecule has 1 N–H and O–H groups in total. The topological polar surface area (TPSA) is 59.4 Å². The molecule has 0 saturated heterocycles. The lowest BCUT2D eigenvalue weighted by Gasteiger charge is -2.03. The van der Waals surface area contributed by atoms with Gasteiger partial charge in [-0.1, -0.05) is 29.8 Å². The summed E-state index contributed by atoms with van der Waals surface area (Å²) in [7, 11) is 1.61. The number of rotatable bonds is 5. The van der Waals surface area contributed by atoms with E-state index in [4.69, 9.17) is 16.3 Å². The molecule has 0 fully saturated rings. The molecule has 0 unspecified atom stereocenters. The van der Waals surface area contributed by atoms with Gasteiger partial charge in [0.15, 0.2) is 0 Å². The number of aryl methyl sites for hydroxylation is 1. The molecule has 0 radical (unpaired) electrons. The SMILES string of the molecule is COc1ccc(-n2[nH]c(C)c(C(C)=NCc3ccccc3Cl)c2=O)cc1. The van der Waals surface area contributed by atoms with E-state index in [1.165, 1.54) is 4.68 Å². The van der Waals surface area contributed by atoms with Crippen LogP contribution in [0.15, 0.2) is 58.3 Å². The quantitative estimate of drug-likeness (QED) is 0.687. The van der Waals surface area contributed by atoms with Crippen LogP contribution in [-0.4, -0.2) is 22.6 Å². The molecular weight excluding hydrogens is 350 g/mol. The number of aromatic nitrogens is 2. The van der Waals surface area contributed by atoms with Crippen molar-refractivity contribution in [1.82, 2.24) is 9.78 Å². The summed E-state index contributed by atoms with van der Waals surface area (Å²) in [6.45, 7) is 4.14. The number of benzene rings is 2. The van der Waals surface area contributed by atoms with Crippen molar-refractivity contribution in [2.75, 3.05) is 7.11 Å². The van der Waals surface area contributed by atoms with Gasteiger partial charge < -0.3 is 4.74 Å². The van der Waals surface area contributed by atoms with Gasteiger partial charge in [-0.2, -0.15) is 0 Å². The van der Waals surface area contributed by atoms with Gasteiger partial charge in [0.25, 0.3) is 5.56 Å². The molecule has 3 rings (SSSR count). The van der Waals surface area contributed by atoms with Gasteiger partial charge in [-0.3, -0.25) is 14.9 Å². The zero-order valence-corrected chi connectivity index (χ0v) is 15.7. The molecule has 1 aromatic heterocycles. The van der Waals surface area contributed by atoms with Crippen LogP contribution in [0.2, 0.25) is 5.02 Å². The van der Waals surface area contributed by atoms with Crippen LogP contribution in [-0.2, 0) is 6.54 Å². The number of ether oxygens (including phenoxy) is 1.